The van der Waals surface area contributed by atoms with Crippen molar-refractivity contribution >= 4 is 33.0 Å². The maximum Gasteiger partial charge on any atom is 0.243 e. The molecule has 2 aromatic heterocycles. The molecule has 7 heteroatoms. The van der Waals surface area contributed by atoms with E-state index in [-0.39, 0.29) is 12.5 Å². The Kier molecular flexibility index (Phi) is 4.04. The molecule has 0 aliphatic rings. The van der Waals surface area contributed by atoms with Crippen molar-refractivity contribution in [3.63, 3.8) is 0 Å². The van der Waals surface area contributed by atoms with Crippen LogP contribution >= 0.6 is 11.3 Å². The van der Waals surface area contributed by atoms with E-state index in [1.165, 1.54) is 16.9 Å². The highest BCUT2D eigenvalue weighted by atomic mass is 32.1. The molecule has 2 N–H and O–H groups in total. The molecule has 6 nitrogen and oxygen atoms in total. The Morgan fingerprint density at radius 2 is 1.91 bits per heavy atom. The molecule has 0 radical (unpaired) electrons. The molecule has 3 rings (SSSR count). The predicted molar refractivity (Wildman–Crippen MR) is 93.4 cm³/mol. The van der Waals surface area contributed by atoms with Crippen LogP contribution in [0.5, 0.6) is 0 Å². The average molecular weight is 329 g/mol. The topological polar surface area (TPSA) is 71.3 Å². The maximum absolute atomic E-state index is 12.2. The fourth-order valence-electron chi connectivity index (χ4n) is 2.60. The summed E-state index contributed by atoms with van der Waals surface area (Å²) in [5.41, 5.74) is 5.14. The van der Waals surface area contributed by atoms with Crippen molar-refractivity contribution in [2.75, 3.05) is 17.2 Å². The number of aryl methyl sites for hydroxylation is 4. The average Bonchev–Trinajstić information content (AvgIpc) is 2.97. The van der Waals surface area contributed by atoms with Gasteiger partial charge in [0, 0.05) is 5.69 Å². The van der Waals surface area contributed by atoms with E-state index in [0.29, 0.717) is 5.13 Å². The third-order valence-electron chi connectivity index (χ3n) is 3.51. The molecular weight excluding hydrogens is 310 g/mol. The molecule has 0 aliphatic heterocycles. The zero-order chi connectivity index (χ0) is 16.6. The number of carbonyl (C=O) groups excluding carboxylic acids is 1. The van der Waals surface area contributed by atoms with Crippen LogP contribution in [0.3, 0.4) is 0 Å². The van der Waals surface area contributed by atoms with E-state index in [1.807, 2.05) is 33.9 Å². The third kappa shape index (κ3) is 3.34. The number of hydrogen-bond acceptors (Lipinski definition) is 5. The highest BCUT2D eigenvalue weighted by Crippen LogP contribution is 2.22. The lowest BCUT2D eigenvalue weighted by molar-refractivity contribution is -0.114. The number of rotatable bonds is 4. The minimum absolute atomic E-state index is 0.0935. The molecule has 0 saturated heterocycles. The lowest BCUT2D eigenvalue weighted by atomic mass is 10.1. The number of nitrogens with one attached hydrogen (secondary N) is 2. The van der Waals surface area contributed by atoms with Gasteiger partial charge >= 0.3 is 0 Å². The van der Waals surface area contributed by atoms with Crippen molar-refractivity contribution in [1.29, 1.82) is 0 Å². The number of benzene rings is 1. The summed E-state index contributed by atoms with van der Waals surface area (Å²) in [6, 6.07) is 4.13. The molecule has 3 aromatic rings. The van der Waals surface area contributed by atoms with Gasteiger partial charge in [0.2, 0.25) is 16.0 Å². The van der Waals surface area contributed by atoms with E-state index in [4.69, 9.17) is 0 Å². The summed E-state index contributed by atoms with van der Waals surface area (Å²) in [4.78, 5) is 17.3. The van der Waals surface area contributed by atoms with Crippen molar-refractivity contribution in [3.05, 3.63) is 40.7 Å². The van der Waals surface area contributed by atoms with Gasteiger partial charge in [-0.05, 0) is 38.8 Å². The predicted octanol–water partition coefficient (Wildman–Crippen LogP) is 3.08. The molecule has 0 spiro atoms. The first-order valence-electron chi connectivity index (χ1n) is 7.37. The number of fused-ring (bicyclic) bond motifs is 1. The Morgan fingerprint density at radius 3 is 2.57 bits per heavy atom. The minimum atomic E-state index is -0.0935. The summed E-state index contributed by atoms with van der Waals surface area (Å²) >= 11 is 1.42. The normalized spacial score (nSPS) is 11.0. The molecule has 0 saturated carbocycles. The van der Waals surface area contributed by atoms with Gasteiger partial charge in [0.05, 0.1) is 18.4 Å². The zero-order valence-electron chi connectivity index (χ0n) is 13.6. The molecule has 120 valence electrons. The van der Waals surface area contributed by atoms with Crippen molar-refractivity contribution < 1.29 is 4.79 Å². The van der Waals surface area contributed by atoms with Gasteiger partial charge in [0.25, 0.3) is 0 Å². The van der Waals surface area contributed by atoms with Gasteiger partial charge in [0.15, 0.2) is 0 Å². The largest absolute Gasteiger partial charge is 0.351 e. The Balaban J connectivity index is 1.64. The first-order chi connectivity index (χ1) is 10.9. The van der Waals surface area contributed by atoms with Gasteiger partial charge in [0.1, 0.15) is 0 Å². The van der Waals surface area contributed by atoms with E-state index >= 15 is 0 Å². The molecule has 0 atom stereocenters. The monoisotopic (exact) mass is 329 g/mol. The number of anilines is 2. The van der Waals surface area contributed by atoms with Crippen molar-refractivity contribution in [2.45, 2.75) is 27.7 Å². The van der Waals surface area contributed by atoms with Crippen LogP contribution in [0, 0.1) is 27.7 Å². The molecule has 0 bridgehead atoms. The number of nitrogens with zero attached hydrogens (tertiary/aromatic N) is 3. The number of amides is 1. The fraction of sp³-hybridized carbons (Fsp3) is 0.312. The van der Waals surface area contributed by atoms with Crippen LogP contribution < -0.4 is 10.6 Å². The second-order valence-corrected chi connectivity index (χ2v) is 6.65. The zero-order valence-corrected chi connectivity index (χ0v) is 14.4. The van der Waals surface area contributed by atoms with E-state index in [0.717, 1.165) is 27.5 Å². The standard InChI is InChI=1S/C16H19N5OS/c1-9-5-10(2)14(11(3)6-9)19-13(22)7-17-15-20-21-8-12(4)18-16(21)23-15/h5-6,8H,7H2,1-4H3,(H,17,20)(H,19,22). The van der Waals surface area contributed by atoms with E-state index < -0.39 is 0 Å². The molecule has 1 aromatic carbocycles. The highest BCUT2D eigenvalue weighted by Gasteiger charge is 2.10. The van der Waals surface area contributed by atoms with Crippen LogP contribution in [0.4, 0.5) is 10.8 Å². The SMILES string of the molecule is Cc1cc(C)c(NC(=O)CNc2nn3cc(C)nc3s2)c(C)c1. The van der Waals surface area contributed by atoms with Gasteiger partial charge < -0.3 is 10.6 Å². The van der Waals surface area contributed by atoms with Crippen molar-refractivity contribution in [3.8, 4) is 0 Å². The first kappa shape index (κ1) is 15.5. The summed E-state index contributed by atoms with van der Waals surface area (Å²) in [5, 5.41) is 11.0. The first-order valence-corrected chi connectivity index (χ1v) is 8.18. The Hall–Kier alpha value is -2.41. The lowest BCUT2D eigenvalue weighted by Gasteiger charge is -2.12. The molecule has 1 amide bonds. The van der Waals surface area contributed by atoms with Gasteiger partial charge in [-0.25, -0.2) is 9.50 Å². The van der Waals surface area contributed by atoms with E-state index in [9.17, 15) is 4.79 Å². The minimum Gasteiger partial charge on any atom is -0.351 e. The number of imidazole rings is 1. The highest BCUT2D eigenvalue weighted by molar-refractivity contribution is 7.20. The molecular formula is C16H19N5OS. The van der Waals surface area contributed by atoms with Crippen LogP contribution in [0.1, 0.15) is 22.4 Å². The van der Waals surface area contributed by atoms with Crippen LogP contribution in [-0.4, -0.2) is 27.0 Å². The van der Waals surface area contributed by atoms with Crippen LogP contribution in [0.25, 0.3) is 4.96 Å². The fourth-order valence-corrected chi connectivity index (χ4v) is 3.42. The maximum atomic E-state index is 12.2. The number of hydrogen-bond donors (Lipinski definition) is 2. The second-order valence-electron chi connectivity index (χ2n) is 5.69. The summed E-state index contributed by atoms with van der Waals surface area (Å²) in [6.45, 7) is 8.15. The van der Waals surface area contributed by atoms with Crippen LogP contribution in [0.15, 0.2) is 18.3 Å². The van der Waals surface area contributed by atoms with Gasteiger partial charge in [-0.15, -0.1) is 5.10 Å². The van der Waals surface area contributed by atoms with E-state index in [1.54, 1.807) is 4.52 Å². The van der Waals surface area contributed by atoms with Gasteiger partial charge in [-0.3, -0.25) is 4.79 Å². The summed E-state index contributed by atoms with van der Waals surface area (Å²) in [6.07, 6.45) is 1.86. The van der Waals surface area contributed by atoms with Crippen molar-refractivity contribution in [2.24, 2.45) is 0 Å². The quantitative estimate of drug-likeness (QED) is 0.771. The molecule has 0 fully saturated rings. The number of aromatic nitrogens is 3. The van der Waals surface area contributed by atoms with Crippen LogP contribution in [0.2, 0.25) is 0 Å². The van der Waals surface area contributed by atoms with Gasteiger partial charge in [-0.1, -0.05) is 29.0 Å². The summed E-state index contributed by atoms with van der Waals surface area (Å²) in [5.74, 6) is -0.0935. The van der Waals surface area contributed by atoms with E-state index in [2.05, 4.69) is 32.8 Å². The number of carbonyl (C=O) groups is 1. The van der Waals surface area contributed by atoms with Gasteiger partial charge in [-0.2, -0.15) is 0 Å². The lowest BCUT2D eigenvalue weighted by Crippen LogP contribution is -2.22. The Morgan fingerprint density at radius 1 is 1.22 bits per heavy atom. The second kappa shape index (κ2) is 6.00. The van der Waals surface area contributed by atoms with Crippen molar-refractivity contribution in [1.82, 2.24) is 14.6 Å². The summed E-state index contributed by atoms with van der Waals surface area (Å²) in [7, 11) is 0. The Bertz CT molecular complexity index is 825. The molecule has 0 unspecified atom stereocenters. The molecule has 23 heavy (non-hydrogen) atoms. The smallest absolute Gasteiger partial charge is 0.243 e. The molecule has 0 aliphatic carbocycles. The summed E-state index contributed by atoms with van der Waals surface area (Å²) < 4.78 is 1.72. The molecule has 2 heterocycles. The Labute approximate surface area is 138 Å². The third-order valence-corrected chi connectivity index (χ3v) is 4.39. The van der Waals surface area contributed by atoms with Crippen LogP contribution in [-0.2, 0) is 4.79 Å².